The molecule has 2 unspecified atom stereocenters. The van der Waals surface area contributed by atoms with Gasteiger partial charge in [-0.25, -0.2) is 4.79 Å². The minimum Gasteiger partial charge on any atom is -0.410 e. The Balaban J connectivity index is 1.27. The molecule has 5 nitrogen and oxygen atoms in total. The normalized spacial score (nSPS) is 28.9. The third-order valence-electron chi connectivity index (χ3n) is 5.74. The first-order chi connectivity index (χ1) is 11.7. The van der Waals surface area contributed by atoms with Gasteiger partial charge >= 0.3 is 6.09 Å². The second kappa shape index (κ2) is 6.46. The molecule has 3 fully saturated rings. The molecule has 2 atom stereocenters. The summed E-state index contributed by atoms with van der Waals surface area (Å²) in [4.78, 5) is 28.5. The molecule has 4 rings (SSSR count). The summed E-state index contributed by atoms with van der Waals surface area (Å²) in [7, 11) is 0. The highest BCUT2D eigenvalue weighted by molar-refractivity contribution is 5.83. The highest BCUT2D eigenvalue weighted by atomic mass is 16.6. The van der Waals surface area contributed by atoms with E-state index in [4.69, 9.17) is 4.74 Å². The number of carbonyl (C=O) groups is 2. The summed E-state index contributed by atoms with van der Waals surface area (Å²) in [5.41, 5.74) is 0. The predicted octanol–water partition coefficient (Wildman–Crippen LogP) is 2.77. The number of hydrogen-bond donors (Lipinski definition) is 0. The van der Waals surface area contributed by atoms with Crippen molar-refractivity contribution in [2.45, 2.75) is 25.7 Å². The van der Waals surface area contributed by atoms with Crippen LogP contribution in [0.2, 0.25) is 0 Å². The maximum absolute atomic E-state index is 12.7. The number of carbonyl (C=O) groups excluding carboxylic acids is 2. The average Bonchev–Trinajstić information content (AvgIpc) is 3.36. The third-order valence-corrected chi connectivity index (χ3v) is 5.74. The van der Waals surface area contributed by atoms with E-state index in [1.165, 1.54) is 25.7 Å². The van der Waals surface area contributed by atoms with Crippen LogP contribution in [0, 0.1) is 17.8 Å². The van der Waals surface area contributed by atoms with E-state index in [-0.39, 0.29) is 12.0 Å². The lowest BCUT2D eigenvalue weighted by Crippen LogP contribution is -2.51. The Hall–Kier alpha value is -2.04. The average molecular weight is 328 g/mol. The molecule has 3 aliphatic rings. The van der Waals surface area contributed by atoms with Gasteiger partial charge in [-0.15, -0.1) is 0 Å². The molecule has 0 N–H and O–H groups in total. The smallest absolute Gasteiger partial charge is 0.410 e. The van der Waals surface area contributed by atoms with Gasteiger partial charge in [0.25, 0.3) is 0 Å². The number of fused-ring (bicyclic) bond motifs is 1. The van der Waals surface area contributed by atoms with Crippen molar-refractivity contribution in [3.05, 3.63) is 30.3 Å². The minimum absolute atomic E-state index is 0.273. The number of para-hydroxylation sites is 1. The summed E-state index contributed by atoms with van der Waals surface area (Å²) in [5.74, 6) is 2.45. The molecule has 1 aliphatic heterocycles. The molecule has 128 valence electrons. The first-order valence-corrected chi connectivity index (χ1v) is 9.04. The van der Waals surface area contributed by atoms with Crippen LogP contribution in [0.5, 0.6) is 5.75 Å². The van der Waals surface area contributed by atoms with E-state index in [1.54, 1.807) is 17.0 Å². The first kappa shape index (κ1) is 15.5. The highest BCUT2D eigenvalue weighted by Gasteiger charge is 2.55. The second-order valence-electron chi connectivity index (χ2n) is 7.13. The molecule has 2 aliphatic carbocycles. The van der Waals surface area contributed by atoms with Crippen LogP contribution in [0.1, 0.15) is 25.7 Å². The van der Waals surface area contributed by atoms with Crippen molar-refractivity contribution in [3.63, 3.8) is 0 Å². The van der Waals surface area contributed by atoms with E-state index in [0.717, 1.165) is 0 Å². The van der Waals surface area contributed by atoms with E-state index in [9.17, 15) is 9.59 Å². The Morgan fingerprint density at radius 2 is 1.46 bits per heavy atom. The fourth-order valence-corrected chi connectivity index (χ4v) is 4.33. The van der Waals surface area contributed by atoms with Gasteiger partial charge in [-0.1, -0.05) is 31.0 Å². The van der Waals surface area contributed by atoms with Crippen LogP contribution in [0.15, 0.2) is 30.3 Å². The van der Waals surface area contributed by atoms with Crippen molar-refractivity contribution >= 4 is 12.0 Å². The van der Waals surface area contributed by atoms with Gasteiger partial charge in [0.2, 0.25) is 5.91 Å². The predicted molar refractivity (Wildman–Crippen MR) is 89.6 cm³/mol. The Morgan fingerprint density at radius 1 is 0.875 bits per heavy atom. The van der Waals surface area contributed by atoms with E-state index >= 15 is 0 Å². The van der Waals surface area contributed by atoms with Gasteiger partial charge in [0.15, 0.2) is 0 Å². The van der Waals surface area contributed by atoms with Gasteiger partial charge in [-0.2, -0.15) is 0 Å². The van der Waals surface area contributed by atoms with Crippen LogP contribution >= 0.6 is 0 Å². The summed E-state index contributed by atoms with van der Waals surface area (Å²) in [6.45, 7) is 2.36. The van der Waals surface area contributed by atoms with Crippen molar-refractivity contribution in [3.8, 4) is 5.75 Å². The van der Waals surface area contributed by atoms with E-state index < -0.39 is 0 Å². The minimum atomic E-state index is -0.326. The van der Waals surface area contributed by atoms with Crippen molar-refractivity contribution in [2.75, 3.05) is 26.2 Å². The summed E-state index contributed by atoms with van der Waals surface area (Å²) < 4.78 is 5.37. The molecule has 0 bridgehead atoms. The van der Waals surface area contributed by atoms with E-state index in [1.807, 2.05) is 23.1 Å². The standard InChI is InChI=1S/C19H24N2O3/c22-18(17-15-8-4-5-9-16(15)17)20-10-12-21(13-11-20)19(23)24-14-6-2-1-3-7-14/h1-3,6-7,15-17H,4-5,8-13H2. The molecule has 0 aromatic heterocycles. The van der Waals surface area contributed by atoms with Gasteiger partial charge in [0.05, 0.1) is 0 Å². The number of amides is 2. The van der Waals surface area contributed by atoms with Crippen LogP contribution in [0.25, 0.3) is 0 Å². The van der Waals surface area contributed by atoms with Crippen molar-refractivity contribution in [1.29, 1.82) is 0 Å². The van der Waals surface area contributed by atoms with Crippen LogP contribution in [0.3, 0.4) is 0 Å². The Labute approximate surface area is 142 Å². The molecule has 5 heteroatoms. The third kappa shape index (κ3) is 2.99. The maximum atomic E-state index is 12.7. The first-order valence-electron chi connectivity index (χ1n) is 9.04. The Morgan fingerprint density at radius 3 is 2.08 bits per heavy atom. The zero-order valence-corrected chi connectivity index (χ0v) is 13.9. The SMILES string of the molecule is O=C(Oc1ccccc1)N1CCN(C(=O)C2C3CCCCC32)CC1. The van der Waals surface area contributed by atoms with Crippen LogP contribution in [-0.2, 0) is 4.79 Å². The lowest BCUT2D eigenvalue weighted by molar-refractivity contribution is -0.134. The Kier molecular flexibility index (Phi) is 4.17. The maximum Gasteiger partial charge on any atom is 0.415 e. The zero-order chi connectivity index (χ0) is 16.5. The van der Waals surface area contributed by atoms with Crippen molar-refractivity contribution < 1.29 is 14.3 Å². The fraction of sp³-hybridized carbons (Fsp3) is 0.579. The molecular weight excluding hydrogens is 304 g/mol. The number of hydrogen-bond acceptors (Lipinski definition) is 3. The molecule has 2 amide bonds. The van der Waals surface area contributed by atoms with E-state index in [2.05, 4.69) is 0 Å². The molecule has 1 saturated heterocycles. The summed E-state index contributed by atoms with van der Waals surface area (Å²) in [6, 6.07) is 9.11. The van der Waals surface area contributed by atoms with Gasteiger partial charge in [0, 0.05) is 32.1 Å². The number of rotatable bonds is 2. The summed E-state index contributed by atoms with van der Waals surface area (Å²) in [5, 5.41) is 0. The van der Waals surface area contributed by atoms with Gasteiger partial charge in [-0.05, 0) is 36.8 Å². The second-order valence-corrected chi connectivity index (χ2v) is 7.13. The lowest BCUT2D eigenvalue weighted by Gasteiger charge is -2.34. The molecule has 1 aromatic carbocycles. The topological polar surface area (TPSA) is 49.9 Å². The molecule has 24 heavy (non-hydrogen) atoms. The quantitative estimate of drug-likeness (QED) is 0.839. The largest absolute Gasteiger partial charge is 0.415 e. The molecule has 1 aromatic rings. The summed E-state index contributed by atoms with van der Waals surface area (Å²) >= 11 is 0. The van der Waals surface area contributed by atoms with Gasteiger partial charge in [-0.3, -0.25) is 4.79 Å². The lowest BCUT2D eigenvalue weighted by atomic mass is 10.0. The molecule has 1 heterocycles. The van der Waals surface area contributed by atoms with Crippen LogP contribution in [0.4, 0.5) is 4.79 Å². The molecule has 2 saturated carbocycles. The molecule has 0 radical (unpaired) electrons. The van der Waals surface area contributed by atoms with Gasteiger partial charge < -0.3 is 14.5 Å². The van der Waals surface area contributed by atoms with Gasteiger partial charge in [0.1, 0.15) is 5.75 Å². The number of piperazine rings is 1. The highest BCUT2D eigenvalue weighted by Crippen LogP contribution is 2.56. The zero-order valence-electron chi connectivity index (χ0n) is 13.9. The number of ether oxygens (including phenoxy) is 1. The van der Waals surface area contributed by atoms with Crippen LogP contribution < -0.4 is 4.74 Å². The van der Waals surface area contributed by atoms with E-state index in [0.29, 0.717) is 49.7 Å². The monoisotopic (exact) mass is 328 g/mol. The fourth-order valence-electron chi connectivity index (χ4n) is 4.33. The number of nitrogens with zero attached hydrogens (tertiary/aromatic N) is 2. The van der Waals surface area contributed by atoms with Crippen LogP contribution in [-0.4, -0.2) is 48.0 Å². The molecular formula is C19H24N2O3. The van der Waals surface area contributed by atoms with Crippen molar-refractivity contribution in [1.82, 2.24) is 9.80 Å². The Bertz CT molecular complexity index is 598. The number of benzene rings is 1. The summed E-state index contributed by atoms with van der Waals surface area (Å²) in [6.07, 6.45) is 4.69. The molecule has 0 spiro atoms. The van der Waals surface area contributed by atoms with Crippen molar-refractivity contribution in [2.24, 2.45) is 17.8 Å².